The first-order valence-corrected chi connectivity index (χ1v) is 8.66. The van der Waals surface area contributed by atoms with Crippen LogP contribution in [0.25, 0.3) is 0 Å². The van der Waals surface area contributed by atoms with Gasteiger partial charge in [-0.05, 0) is 26.2 Å². The third kappa shape index (κ3) is 11.1. The lowest BCUT2D eigenvalue weighted by molar-refractivity contribution is -0.251. The SMILES string of the molecule is CCOC(CN)(COCCCCCCCC(C)C)OCC. The maximum absolute atomic E-state index is 5.77. The number of hydrogen-bond donors (Lipinski definition) is 1. The van der Waals surface area contributed by atoms with Crippen LogP contribution in [0.5, 0.6) is 0 Å². The molecular weight excluding hydrogens is 266 g/mol. The van der Waals surface area contributed by atoms with Gasteiger partial charge in [-0.3, -0.25) is 0 Å². The molecule has 0 atom stereocenters. The first kappa shape index (κ1) is 20.8. The summed E-state index contributed by atoms with van der Waals surface area (Å²) < 4.78 is 17.0. The molecule has 0 amide bonds. The number of nitrogens with two attached hydrogens (primary N) is 1. The van der Waals surface area contributed by atoms with Crippen molar-refractivity contribution in [1.82, 2.24) is 0 Å². The minimum absolute atomic E-state index is 0.323. The zero-order valence-electron chi connectivity index (χ0n) is 14.7. The van der Waals surface area contributed by atoms with Crippen molar-refractivity contribution >= 4 is 0 Å². The fraction of sp³-hybridized carbons (Fsp3) is 1.00. The molecule has 0 fully saturated rings. The van der Waals surface area contributed by atoms with Crippen molar-refractivity contribution in [2.75, 3.05) is 33.0 Å². The van der Waals surface area contributed by atoms with Gasteiger partial charge in [0.15, 0.2) is 0 Å². The zero-order valence-corrected chi connectivity index (χ0v) is 14.7. The molecule has 0 radical (unpaired) electrons. The van der Waals surface area contributed by atoms with E-state index in [0.717, 1.165) is 18.9 Å². The van der Waals surface area contributed by atoms with Crippen molar-refractivity contribution in [1.29, 1.82) is 0 Å². The molecule has 4 nitrogen and oxygen atoms in total. The first-order valence-electron chi connectivity index (χ1n) is 8.66. The van der Waals surface area contributed by atoms with Crippen LogP contribution in [0.3, 0.4) is 0 Å². The van der Waals surface area contributed by atoms with Gasteiger partial charge in [0.1, 0.15) is 6.61 Å². The summed E-state index contributed by atoms with van der Waals surface area (Å²) in [4.78, 5) is 0. The third-order valence-corrected chi connectivity index (χ3v) is 3.52. The standard InChI is InChI=1S/C17H37NO3/c1-5-20-17(14-18,21-6-2)15-19-13-11-9-7-8-10-12-16(3)4/h16H,5-15,18H2,1-4H3. The molecule has 0 aliphatic heterocycles. The minimum atomic E-state index is -0.763. The molecule has 21 heavy (non-hydrogen) atoms. The molecule has 0 heterocycles. The molecule has 0 aromatic rings. The second-order valence-electron chi connectivity index (χ2n) is 5.98. The second kappa shape index (κ2) is 13.5. The number of rotatable bonds is 15. The van der Waals surface area contributed by atoms with Gasteiger partial charge in [0.05, 0.1) is 0 Å². The molecule has 0 aliphatic rings. The molecule has 0 bridgehead atoms. The number of hydrogen-bond acceptors (Lipinski definition) is 4. The van der Waals surface area contributed by atoms with Crippen molar-refractivity contribution in [2.45, 2.75) is 72.0 Å². The summed E-state index contributed by atoms with van der Waals surface area (Å²) in [6, 6.07) is 0. The van der Waals surface area contributed by atoms with E-state index < -0.39 is 5.79 Å². The molecular formula is C17H37NO3. The smallest absolute Gasteiger partial charge is 0.204 e. The Bertz CT molecular complexity index is 216. The summed E-state index contributed by atoms with van der Waals surface area (Å²) in [7, 11) is 0. The van der Waals surface area contributed by atoms with Crippen LogP contribution in [0.2, 0.25) is 0 Å². The number of unbranched alkanes of at least 4 members (excludes halogenated alkanes) is 4. The van der Waals surface area contributed by atoms with Crippen LogP contribution in [-0.4, -0.2) is 38.8 Å². The Balaban J connectivity index is 3.62. The van der Waals surface area contributed by atoms with Crippen molar-refractivity contribution in [3.63, 3.8) is 0 Å². The molecule has 128 valence electrons. The first-order chi connectivity index (χ1) is 10.1. The largest absolute Gasteiger partial charge is 0.376 e. The van der Waals surface area contributed by atoms with Crippen LogP contribution in [0, 0.1) is 5.92 Å². The van der Waals surface area contributed by atoms with Crippen LogP contribution in [-0.2, 0) is 14.2 Å². The van der Waals surface area contributed by atoms with Gasteiger partial charge in [-0.2, -0.15) is 0 Å². The van der Waals surface area contributed by atoms with Crippen molar-refractivity contribution in [3.05, 3.63) is 0 Å². The van der Waals surface area contributed by atoms with Crippen LogP contribution < -0.4 is 5.73 Å². The summed E-state index contributed by atoms with van der Waals surface area (Å²) >= 11 is 0. The van der Waals surface area contributed by atoms with Gasteiger partial charge in [0.25, 0.3) is 0 Å². The maximum Gasteiger partial charge on any atom is 0.204 e. The monoisotopic (exact) mass is 303 g/mol. The molecule has 0 saturated carbocycles. The molecule has 0 unspecified atom stereocenters. The Morgan fingerprint density at radius 3 is 2.00 bits per heavy atom. The van der Waals surface area contributed by atoms with Gasteiger partial charge in [-0.1, -0.05) is 46.0 Å². The Hall–Kier alpha value is -0.160. The molecule has 0 saturated heterocycles. The normalized spacial score (nSPS) is 12.3. The van der Waals surface area contributed by atoms with Gasteiger partial charge < -0.3 is 19.9 Å². The third-order valence-electron chi connectivity index (χ3n) is 3.52. The highest BCUT2D eigenvalue weighted by atomic mass is 16.7. The molecule has 0 aliphatic carbocycles. The highest BCUT2D eigenvalue weighted by Gasteiger charge is 2.30. The van der Waals surface area contributed by atoms with E-state index in [4.69, 9.17) is 19.9 Å². The topological polar surface area (TPSA) is 53.7 Å². The van der Waals surface area contributed by atoms with E-state index in [1.807, 2.05) is 13.8 Å². The number of ether oxygens (including phenoxy) is 3. The van der Waals surface area contributed by atoms with E-state index in [0.29, 0.717) is 26.4 Å². The predicted octanol–water partition coefficient (Wildman–Crippen LogP) is 3.73. The zero-order chi connectivity index (χ0) is 16.0. The maximum atomic E-state index is 5.77. The summed E-state index contributed by atoms with van der Waals surface area (Å²) in [5, 5.41) is 0. The van der Waals surface area contributed by atoms with E-state index in [1.54, 1.807) is 0 Å². The van der Waals surface area contributed by atoms with E-state index in [9.17, 15) is 0 Å². The fourth-order valence-corrected chi connectivity index (χ4v) is 2.34. The van der Waals surface area contributed by atoms with E-state index >= 15 is 0 Å². The van der Waals surface area contributed by atoms with E-state index in [1.165, 1.54) is 32.1 Å². The van der Waals surface area contributed by atoms with Crippen LogP contribution in [0.1, 0.15) is 66.2 Å². The van der Waals surface area contributed by atoms with Gasteiger partial charge in [-0.15, -0.1) is 0 Å². The highest BCUT2D eigenvalue weighted by Crippen LogP contribution is 2.14. The lowest BCUT2D eigenvalue weighted by atomic mass is 10.0. The summed E-state index contributed by atoms with van der Waals surface area (Å²) in [6.07, 6.45) is 7.66. The second-order valence-corrected chi connectivity index (χ2v) is 5.98. The van der Waals surface area contributed by atoms with Crippen molar-refractivity contribution in [3.8, 4) is 0 Å². The molecule has 0 rings (SSSR count). The Morgan fingerprint density at radius 1 is 0.905 bits per heavy atom. The molecule has 0 aromatic carbocycles. The molecule has 4 heteroatoms. The lowest BCUT2D eigenvalue weighted by Crippen LogP contribution is -2.48. The van der Waals surface area contributed by atoms with Crippen LogP contribution >= 0.6 is 0 Å². The Labute approximate surface area is 131 Å². The average molecular weight is 303 g/mol. The average Bonchev–Trinajstić information content (AvgIpc) is 2.45. The van der Waals surface area contributed by atoms with Gasteiger partial charge in [-0.25, -0.2) is 0 Å². The van der Waals surface area contributed by atoms with Crippen LogP contribution in [0.4, 0.5) is 0 Å². The summed E-state index contributed by atoms with van der Waals surface area (Å²) in [5.41, 5.74) is 5.77. The molecule has 0 spiro atoms. The van der Waals surface area contributed by atoms with E-state index in [-0.39, 0.29) is 0 Å². The van der Waals surface area contributed by atoms with Crippen molar-refractivity contribution in [2.24, 2.45) is 11.7 Å². The fourth-order valence-electron chi connectivity index (χ4n) is 2.34. The summed E-state index contributed by atoms with van der Waals surface area (Å²) in [5.74, 6) is 0.0654. The molecule has 0 aromatic heterocycles. The highest BCUT2D eigenvalue weighted by molar-refractivity contribution is 4.70. The lowest BCUT2D eigenvalue weighted by Gasteiger charge is -2.31. The van der Waals surface area contributed by atoms with Crippen molar-refractivity contribution < 1.29 is 14.2 Å². The quantitative estimate of drug-likeness (QED) is 0.370. The van der Waals surface area contributed by atoms with Gasteiger partial charge in [0.2, 0.25) is 5.79 Å². The Morgan fingerprint density at radius 2 is 1.48 bits per heavy atom. The molecule has 2 N–H and O–H groups in total. The minimum Gasteiger partial charge on any atom is -0.376 e. The van der Waals surface area contributed by atoms with Gasteiger partial charge >= 0.3 is 0 Å². The Kier molecular flexibility index (Phi) is 13.4. The summed E-state index contributed by atoms with van der Waals surface area (Å²) in [6.45, 7) is 11.1. The predicted molar refractivity (Wildman–Crippen MR) is 88.4 cm³/mol. The van der Waals surface area contributed by atoms with Gasteiger partial charge in [0, 0.05) is 26.4 Å². The van der Waals surface area contributed by atoms with Crippen LogP contribution in [0.15, 0.2) is 0 Å². The van der Waals surface area contributed by atoms with E-state index in [2.05, 4.69) is 13.8 Å².